The maximum atomic E-state index is 14.4. The number of H-pyrrole nitrogens is 1. The molecule has 1 heterocycles. The average Bonchev–Trinajstić information content (AvgIpc) is 3.09. The number of hydrogen-bond donors (Lipinski definition) is 2. The fraction of sp³-hybridized carbons (Fsp3) is 0.158. The molecule has 0 aliphatic rings. The summed E-state index contributed by atoms with van der Waals surface area (Å²) in [7, 11) is 0. The van der Waals surface area contributed by atoms with Gasteiger partial charge in [0, 0.05) is 24.2 Å². The van der Waals surface area contributed by atoms with Crippen LogP contribution in [0.2, 0.25) is 0 Å². The highest BCUT2D eigenvalue weighted by atomic mass is 19.1. The van der Waals surface area contributed by atoms with E-state index in [1.807, 2.05) is 0 Å². The maximum Gasteiger partial charge on any atom is 0.132 e. The molecule has 7 heteroatoms. The van der Waals surface area contributed by atoms with Gasteiger partial charge in [-0.05, 0) is 42.3 Å². The number of nitrogens with zero attached hydrogens (tertiary/aromatic N) is 2. The lowest BCUT2D eigenvalue weighted by Crippen LogP contribution is -2.31. The van der Waals surface area contributed by atoms with Crippen LogP contribution in [0.25, 0.3) is 6.08 Å². The molecular formula is C19H16F3N3O. The minimum absolute atomic E-state index is 0.0738. The molecule has 0 saturated carbocycles. The van der Waals surface area contributed by atoms with Crippen LogP contribution in [-0.4, -0.2) is 20.5 Å². The summed E-state index contributed by atoms with van der Waals surface area (Å²) in [5, 5.41) is 21.3. The molecule has 26 heavy (non-hydrogen) atoms. The molecule has 0 fully saturated rings. The average molecular weight is 359 g/mol. The minimum Gasteiger partial charge on any atom is -0.380 e. The molecule has 0 saturated heterocycles. The van der Waals surface area contributed by atoms with Crippen molar-refractivity contribution in [3.8, 4) is 0 Å². The first-order valence-corrected chi connectivity index (χ1v) is 7.86. The van der Waals surface area contributed by atoms with Crippen LogP contribution in [-0.2, 0) is 12.0 Å². The molecule has 1 atom stereocenters. The topological polar surface area (TPSA) is 61.8 Å². The summed E-state index contributed by atoms with van der Waals surface area (Å²) in [5.41, 5.74) is -0.452. The van der Waals surface area contributed by atoms with Crippen molar-refractivity contribution in [2.75, 3.05) is 0 Å². The zero-order chi connectivity index (χ0) is 18.7. The number of aromatic amines is 1. The van der Waals surface area contributed by atoms with Gasteiger partial charge < -0.3 is 5.11 Å². The Morgan fingerprint density at radius 2 is 1.81 bits per heavy atom. The van der Waals surface area contributed by atoms with E-state index in [9.17, 15) is 18.3 Å². The van der Waals surface area contributed by atoms with Gasteiger partial charge in [0.2, 0.25) is 0 Å². The summed E-state index contributed by atoms with van der Waals surface area (Å²) in [6.07, 6.45) is 3.02. The second-order valence-electron chi connectivity index (χ2n) is 6.00. The third-order valence-electron chi connectivity index (χ3n) is 4.19. The van der Waals surface area contributed by atoms with Crippen molar-refractivity contribution in [3.05, 3.63) is 88.5 Å². The third kappa shape index (κ3) is 3.67. The van der Waals surface area contributed by atoms with Crippen LogP contribution >= 0.6 is 0 Å². The smallest absolute Gasteiger partial charge is 0.132 e. The zero-order valence-electron chi connectivity index (χ0n) is 13.9. The van der Waals surface area contributed by atoms with Crippen LogP contribution in [0.3, 0.4) is 0 Å². The van der Waals surface area contributed by atoms with Gasteiger partial charge in [0.1, 0.15) is 23.1 Å². The first-order valence-electron chi connectivity index (χ1n) is 7.86. The maximum absolute atomic E-state index is 14.4. The van der Waals surface area contributed by atoms with Gasteiger partial charge in [0.05, 0.1) is 5.69 Å². The predicted octanol–water partition coefficient (Wildman–Crippen LogP) is 3.76. The Balaban J connectivity index is 2.08. The van der Waals surface area contributed by atoms with Crippen molar-refractivity contribution in [3.63, 3.8) is 0 Å². The highest BCUT2D eigenvalue weighted by molar-refractivity contribution is 5.56. The second-order valence-corrected chi connectivity index (χ2v) is 6.00. The van der Waals surface area contributed by atoms with Crippen LogP contribution < -0.4 is 0 Å². The Labute approximate surface area is 148 Å². The third-order valence-corrected chi connectivity index (χ3v) is 4.19. The van der Waals surface area contributed by atoms with E-state index in [0.29, 0.717) is 22.9 Å². The first-order chi connectivity index (χ1) is 12.4. The van der Waals surface area contributed by atoms with Crippen molar-refractivity contribution >= 4 is 6.08 Å². The molecule has 0 spiro atoms. The van der Waals surface area contributed by atoms with Gasteiger partial charge in [-0.1, -0.05) is 23.4 Å². The highest BCUT2D eigenvalue weighted by Crippen LogP contribution is 2.35. The number of aromatic nitrogens is 3. The van der Waals surface area contributed by atoms with E-state index < -0.39 is 17.2 Å². The van der Waals surface area contributed by atoms with Crippen molar-refractivity contribution in [1.82, 2.24) is 15.4 Å². The van der Waals surface area contributed by atoms with E-state index in [2.05, 4.69) is 15.4 Å². The number of halogens is 3. The molecule has 2 aromatic carbocycles. The molecule has 0 bridgehead atoms. The molecule has 2 N–H and O–H groups in total. The molecule has 0 aliphatic carbocycles. The van der Waals surface area contributed by atoms with Crippen LogP contribution in [0.15, 0.2) is 54.2 Å². The Morgan fingerprint density at radius 3 is 2.42 bits per heavy atom. The van der Waals surface area contributed by atoms with Crippen LogP contribution in [0.5, 0.6) is 0 Å². The summed E-state index contributed by atoms with van der Waals surface area (Å²) in [4.78, 5) is 0. The Bertz CT molecular complexity index is 924. The van der Waals surface area contributed by atoms with Gasteiger partial charge in [-0.2, -0.15) is 0 Å². The molecule has 0 radical (unpaired) electrons. The Morgan fingerprint density at radius 1 is 1.12 bits per heavy atom. The van der Waals surface area contributed by atoms with E-state index >= 15 is 0 Å². The lowest BCUT2D eigenvalue weighted by molar-refractivity contribution is 0.0725. The number of rotatable bonds is 5. The standard InChI is InChI=1S/C19H16F3N3O/c1-12(8-13-2-4-14(20)5-3-13)19(26,10-16-11-23-25-24-16)17-7-6-15(21)9-18(17)22/h2-9,11,26H,10H2,1H3,(H,23,24,25)/t19-/m1/s1. The first kappa shape index (κ1) is 17.9. The highest BCUT2D eigenvalue weighted by Gasteiger charge is 2.35. The second kappa shape index (κ2) is 7.13. The monoisotopic (exact) mass is 359 g/mol. The van der Waals surface area contributed by atoms with Crippen molar-refractivity contribution in [1.29, 1.82) is 0 Å². The van der Waals surface area contributed by atoms with Crippen molar-refractivity contribution in [2.24, 2.45) is 0 Å². The van der Waals surface area contributed by atoms with E-state index in [1.54, 1.807) is 13.0 Å². The molecular weight excluding hydrogens is 343 g/mol. The Hall–Kier alpha value is -2.93. The van der Waals surface area contributed by atoms with Gasteiger partial charge in [-0.15, -0.1) is 5.10 Å². The molecule has 0 amide bonds. The zero-order valence-corrected chi connectivity index (χ0v) is 13.9. The SMILES string of the molecule is CC(=Cc1ccc(F)cc1)[C@](O)(Cc1c[nH]nn1)c1ccc(F)cc1F. The summed E-state index contributed by atoms with van der Waals surface area (Å²) < 4.78 is 40.8. The summed E-state index contributed by atoms with van der Waals surface area (Å²) in [5.74, 6) is -2.00. The number of aliphatic hydroxyl groups is 1. The summed E-state index contributed by atoms with van der Waals surface area (Å²) in [6, 6.07) is 8.65. The fourth-order valence-corrected chi connectivity index (χ4v) is 2.77. The summed E-state index contributed by atoms with van der Waals surface area (Å²) in [6.45, 7) is 1.62. The van der Waals surface area contributed by atoms with Crippen molar-refractivity contribution < 1.29 is 18.3 Å². The number of nitrogens with one attached hydrogen (secondary N) is 1. The molecule has 3 rings (SSSR count). The lowest BCUT2D eigenvalue weighted by Gasteiger charge is -2.30. The van der Waals surface area contributed by atoms with Gasteiger partial charge in [-0.3, -0.25) is 5.10 Å². The predicted molar refractivity (Wildman–Crippen MR) is 90.4 cm³/mol. The van der Waals surface area contributed by atoms with Crippen LogP contribution in [0.4, 0.5) is 13.2 Å². The van der Waals surface area contributed by atoms with Gasteiger partial charge in [-0.25, -0.2) is 13.2 Å². The largest absolute Gasteiger partial charge is 0.380 e. The van der Waals surface area contributed by atoms with E-state index in [1.165, 1.54) is 36.5 Å². The minimum atomic E-state index is -1.79. The molecule has 0 aliphatic heterocycles. The fourth-order valence-electron chi connectivity index (χ4n) is 2.77. The van der Waals surface area contributed by atoms with E-state index in [4.69, 9.17) is 0 Å². The van der Waals surface area contributed by atoms with Gasteiger partial charge in [0.25, 0.3) is 0 Å². The summed E-state index contributed by atoms with van der Waals surface area (Å²) >= 11 is 0. The van der Waals surface area contributed by atoms with E-state index in [-0.39, 0.29) is 17.8 Å². The quantitative estimate of drug-likeness (QED) is 0.729. The normalized spacial score (nSPS) is 14.3. The van der Waals surface area contributed by atoms with E-state index in [0.717, 1.165) is 6.07 Å². The van der Waals surface area contributed by atoms with Crippen LogP contribution in [0, 0.1) is 17.5 Å². The molecule has 0 unspecified atom stereocenters. The van der Waals surface area contributed by atoms with Gasteiger partial charge in [0.15, 0.2) is 0 Å². The number of benzene rings is 2. The van der Waals surface area contributed by atoms with Crippen LogP contribution in [0.1, 0.15) is 23.7 Å². The van der Waals surface area contributed by atoms with Gasteiger partial charge >= 0.3 is 0 Å². The lowest BCUT2D eigenvalue weighted by atomic mass is 9.82. The Kier molecular flexibility index (Phi) is 4.90. The van der Waals surface area contributed by atoms with Crippen molar-refractivity contribution in [2.45, 2.75) is 18.9 Å². The molecule has 134 valence electrons. The molecule has 1 aromatic heterocycles. The number of hydrogen-bond acceptors (Lipinski definition) is 3. The molecule has 4 nitrogen and oxygen atoms in total. The molecule has 3 aromatic rings.